The highest BCUT2D eigenvalue weighted by Crippen LogP contribution is 2.41. The molecule has 5 rings (SSSR count). The minimum absolute atomic E-state index is 0.0583. The maximum atomic E-state index is 12.3. The van der Waals surface area contributed by atoms with Crippen LogP contribution < -0.4 is 0 Å². The van der Waals surface area contributed by atoms with Crippen LogP contribution in [-0.2, 0) is 22.4 Å². The average molecular weight is 573 g/mol. The molecule has 0 amide bonds. The minimum atomic E-state index is -0.388. The molecule has 3 aromatic carbocycles. The van der Waals surface area contributed by atoms with Crippen LogP contribution in [0.15, 0.2) is 66.7 Å². The fourth-order valence-electron chi connectivity index (χ4n) is 5.52. The molecule has 4 nitrogen and oxygen atoms in total. The first-order valence-corrected chi connectivity index (χ1v) is 15.9. The number of aryl methyl sites for hydroxylation is 1. The van der Waals surface area contributed by atoms with E-state index in [4.69, 9.17) is 9.84 Å². The van der Waals surface area contributed by atoms with Crippen molar-refractivity contribution in [1.82, 2.24) is 0 Å². The molecule has 2 aliphatic carbocycles. The molecule has 0 spiro atoms. The zero-order chi connectivity index (χ0) is 30.9. The van der Waals surface area contributed by atoms with Crippen LogP contribution in [0.5, 0.6) is 11.5 Å². The summed E-state index contributed by atoms with van der Waals surface area (Å²) in [6.45, 7) is 14.8. The lowest BCUT2D eigenvalue weighted by atomic mass is 9.90. The van der Waals surface area contributed by atoms with Crippen molar-refractivity contribution >= 4 is 5.97 Å². The van der Waals surface area contributed by atoms with E-state index in [1.165, 1.54) is 28.7 Å². The molecule has 0 aliphatic heterocycles. The molecule has 4 atom stereocenters. The molecule has 2 aliphatic rings. The van der Waals surface area contributed by atoms with Gasteiger partial charge in [-0.3, -0.25) is 4.79 Å². The molecule has 0 saturated heterocycles. The quantitative estimate of drug-likeness (QED) is 0.236. The van der Waals surface area contributed by atoms with E-state index in [1.54, 1.807) is 18.2 Å². The molecule has 4 unspecified atom stereocenters. The smallest absolute Gasteiger partial charge is 0.312 e. The lowest BCUT2D eigenvalue weighted by Crippen LogP contribution is -2.27. The number of esters is 1. The Bertz CT molecular complexity index is 1280. The van der Waals surface area contributed by atoms with Crippen LogP contribution in [0.2, 0.25) is 0 Å². The van der Waals surface area contributed by atoms with Gasteiger partial charge in [-0.1, -0.05) is 83.1 Å². The summed E-state index contributed by atoms with van der Waals surface area (Å²) in [4.78, 5) is 12.3. The Morgan fingerprint density at radius 2 is 1.60 bits per heavy atom. The molecule has 228 valence electrons. The summed E-state index contributed by atoms with van der Waals surface area (Å²) in [6.07, 6.45) is 7.27. The maximum absolute atomic E-state index is 12.3. The van der Waals surface area contributed by atoms with Gasteiger partial charge in [-0.2, -0.15) is 0 Å². The van der Waals surface area contributed by atoms with Crippen LogP contribution in [-0.4, -0.2) is 16.2 Å². The van der Waals surface area contributed by atoms with Gasteiger partial charge in [-0.15, -0.1) is 0 Å². The molecule has 3 aromatic rings. The van der Waals surface area contributed by atoms with Crippen molar-refractivity contribution in [1.29, 1.82) is 0 Å². The zero-order valence-electron chi connectivity index (χ0n) is 26.8. The molecular weight excluding hydrogens is 520 g/mol. The van der Waals surface area contributed by atoms with Crippen molar-refractivity contribution in [3.63, 3.8) is 0 Å². The van der Waals surface area contributed by atoms with Crippen LogP contribution in [0.4, 0.5) is 0 Å². The lowest BCUT2D eigenvalue weighted by Gasteiger charge is -2.25. The van der Waals surface area contributed by atoms with Crippen LogP contribution in [0, 0.1) is 11.3 Å². The molecule has 0 aromatic heterocycles. The van der Waals surface area contributed by atoms with Gasteiger partial charge in [0.25, 0.3) is 0 Å². The Labute approximate surface area is 254 Å². The predicted molar refractivity (Wildman–Crippen MR) is 173 cm³/mol. The van der Waals surface area contributed by atoms with Gasteiger partial charge >= 0.3 is 5.97 Å². The highest BCUT2D eigenvalue weighted by molar-refractivity contribution is 5.76. The van der Waals surface area contributed by atoms with E-state index in [2.05, 4.69) is 52.0 Å². The summed E-state index contributed by atoms with van der Waals surface area (Å²) >= 11 is 0. The average Bonchev–Trinajstić information content (AvgIpc) is 3.15. The number of ether oxygens (including phenoxy) is 1. The number of hydrogen-bond acceptors (Lipinski definition) is 4. The summed E-state index contributed by atoms with van der Waals surface area (Å²) in [7, 11) is 0. The van der Waals surface area contributed by atoms with Crippen molar-refractivity contribution in [2.24, 2.45) is 11.3 Å². The van der Waals surface area contributed by atoms with E-state index >= 15 is 0 Å². The zero-order valence-corrected chi connectivity index (χ0v) is 26.8. The summed E-state index contributed by atoms with van der Waals surface area (Å²) in [6, 6.07) is 21.6. The Kier molecular flexibility index (Phi) is 12.1. The largest absolute Gasteiger partial charge is 0.508 e. The van der Waals surface area contributed by atoms with Crippen LogP contribution in [0.3, 0.4) is 0 Å². The first-order chi connectivity index (χ1) is 20.0. The Hall–Kier alpha value is -3.27. The van der Waals surface area contributed by atoms with Crippen LogP contribution >= 0.6 is 0 Å². The second kappa shape index (κ2) is 15.3. The van der Waals surface area contributed by atoms with E-state index in [0.717, 1.165) is 44.1 Å². The van der Waals surface area contributed by atoms with E-state index in [-0.39, 0.29) is 17.5 Å². The third-order valence-electron chi connectivity index (χ3n) is 9.38. The first-order valence-electron chi connectivity index (χ1n) is 15.9. The van der Waals surface area contributed by atoms with Crippen molar-refractivity contribution in [2.45, 2.75) is 111 Å². The normalized spacial score (nSPS) is 19.9. The van der Waals surface area contributed by atoms with Crippen molar-refractivity contribution in [3.05, 3.63) is 94.5 Å². The number of hydrogen-bond donors (Lipinski definition) is 2. The van der Waals surface area contributed by atoms with E-state index in [0.29, 0.717) is 29.3 Å². The summed E-state index contributed by atoms with van der Waals surface area (Å²) < 4.78 is 5.81. The van der Waals surface area contributed by atoms with Gasteiger partial charge in [-0.05, 0) is 123 Å². The van der Waals surface area contributed by atoms with Gasteiger partial charge in [0.05, 0.1) is 5.41 Å². The molecule has 42 heavy (non-hydrogen) atoms. The van der Waals surface area contributed by atoms with E-state index in [1.807, 2.05) is 45.0 Å². The Balaban J connectivity index is 0.000000182. The standard InChI is InChI=1S/C17H24O2.C11H14O.C10H14O/c1-4-17(2,3)16(18)19-15-12-8-6-10-13-9-5-7-11-14(13)15;1-7-6-10-9(8(7)2)4-3-5-11(10)12;1-3-8(2)9-4-6-10(11)7-5-9/h5,7,9,11,15H,4,6,8,10,12H2,1-3H3;3-5,7-8,12H,6H2,1-2H3;4-8,11H,3H2,1-2H3. The first kappa shape index (κ1) is 33.2. The molecule has 4 heteroatoms. The molecule has 0 bridgehead atoms. The van der Waals surface area contributed by atoms with Crippen molar-refractivity contribution in [2.75, 3.05) is 0 Å². The van der Waals surface area contributed by atoms with E-state index < -0.39 is 0 Å². The number of phenols is 2. The number of carbonyl (C=O) groups is 1. The van der Waals surface area contributed by atoms with Crippen LogP contribution in [0.1, 0.15) is 126 Å². The Morgan fingerprint density at radius 1 is 0.929 bits per heavy atom. The van der Waals surface area contributed by atoms with Gasteiger partial charge in [0.2, 0.25) is 0 Å². The van der Waals surface area contributed by atoms with Gasteiger partial charge < -0.3 is 14.9 Å². The third kappa shape index (κ3) is 8.63. The molecule has 0 heterocycles. The van der Waals surface area contributed by atoms with E-state index in [9.17, 15) is 9.90 Å². The van der Waals surface area contributed by atoms with Gasteiger partial charge in [0.1, 0.15) is 17.6 Å². The van der Waals surface area contributed by atoms with Crippen molar-refractivity contribution in [3.8, 4) is 11.5 Å². The number of fused-ring (bicyclic) bond motifs is 2. The number of rotatable bonds is 5. The maximum Gasteiger partial charge on any atom is 0.312 e. The highest BCUT2D eigenvalue weighted by Gasteiger charge is 2.31. The Morgan fingerprint density at radius 3 is 2.24 bits per heavy atom. The number of benzene rings is 3. The summed E-state index contributed by atoms with van der Waals surface area (Å²) in [5.41, 5.74) is 5.96. The van der Waals surface area contributed by atoms with Gasteiger partial charge in [-0.25, -0.2) is 0 Å². The second-order valence-electron chi connectivity index (χ2n) is 12.8. The van der Waals surface area contributed by atoms with Gasteiger partial charge in [0, 0.05) is 0 Å². The molecular formula is C38H52O4. The fourth-order valence-corrected chi connectivity index (χ4v) is 5.52. The number of aromatic hydroxyl groups is 2. The number of carbonyl (C=O) groups excluding carboxylic acids is 1. The van der Waals surface area contributed by atoms with Crippen molar-refractivity contribution < 1.29 is 19.7 Å². The fraction of sp³-hybridized carbons (Fsp3) is 0.500. The monoisotopic (exact) mass is 572 g/mol. The lowest BCUT2D eigenvalue weighted by molar-refractivity contribution is -0.160. The summed E-state index contributed by atoms with van der Waals surface area (Å²) in [5.74, 6) is 2.62. The molecule has 2 N–H and O–H groups in total. The minimum Gasteiger partial charge on any atom is -0.508 e. The predicted octanol–water partition coefficient (Wildman–Crippen LogP) is 10.0. The molecule has 0 saturated carbocycles. The highest BCUT2D eigenvalue weighted by atomic mass is 16.5. The van der Waals surface area contributed by atoms with Crippen LogP contribution in [0.25, 0.3) is 0 Å². The molecule has 0 radical (unpaired) electrons. The second-order valence-corrected chi connectivity index (χ2v) is 12.8. The molecule has 0 fully saturated rings. The third-order valence-corrected chi connectivity index (χ3v) is 9.38. The topological polar surface area (TPSA) is 66.8 Å². The van der Waals surface area contributed by atoms with Gasteiger partial charge in [0.15, 0.2) is 0 Å². The number of phenolic OH excluding ortho intramolecular Hbond substituents is 2. The SMILES string of the molecule is CC1Cc2c(O)cccc2C1C.CCC(C)(C)C(=O)OC1CCCCc2ccccc21.CCC(C)c1ccc(O)cc1. The summed E-state index contributed by atoms with van der Waals surface area (Å²) in [5, 5.41) is 18.6.